The van der Waals surface area contributed by atoms with Crippen molar-refractivity contribution in [3.8, 4) is 11.9 Å². The monoisotopic (exact) mass is 225 g/mol. The van der Waals surface area contributed by atoms with E-state index in [1.807, 2.05) is 18.7 Å². The average molecular weight is 225 g/mol. The zero-order valence-corrected chi connectivity index (χ0v) is 8.88. The second kappa shape index (κ2) is 4.09. The lowest BCUT2D eigenvalue weighted by Crippen LogP contribution is -2.30. The first-order valence-electron chi connectivity index (χ1n) is 5.07. The fourth-order valence-electron chi connectivity index (χ4n) is 1.44. The molecule has 0 aliphatic rings. The second-order valence-corrected chi connectivity index (χ2v) is 3.33. The SMILES string of the molecule is c1cnc(-n2cc[n+](-c3ncccn3)c2)nc1. The van der Waals surface area contributed by atoms with Gasteiger partial charge in [-0.2, -0.15) is 4.57 Å². The molecule has 3 aromatic heterocycles. The third kappa shape index (κ3) is 1.87. The van der Waals surface area contributed by atoms with Crippen molar-refractivity contribution in [3.63, 3.8) is 0 Å². The Morgan fingerprint density at radius 3 is 2.24 bits per heavy atom. The molecule has 3 aromatic rings. The summed E-state index contributed by atoms with van der Waals surface area (Å²) in [6.07, 6.45) is 12.3. The van der Waals surface area contributed by atoms with Gasteiger partial charge in [0.05, 0.1) is 24.8 Å². The van der Waals surface area contributed by atoms with Crippen molar-refractivity contribution in [1.82, 2.24) is 24.5 Å². The van der Waals surface area contributed by atoms with Crippen LogP contribution in [-0.2, 0) is 0 Å². The smallest absolute Gasteiger partial charge is 0.221 e. The summed E-state index contributed by atoms with van der Waals surface area (Å²) in [7, 11) is 0. The molecular weight excluding hydrogens is 216 g/mol. The molecule has 3 heterocycles. The fourth-order valence-corrected chi connectivity index (χ4v) is 1.44. The minimum absolute atomic E-state index is 0.613. The molecule has 0 aliphatic heterocycles. The number of rotatable bonds is 2. The van der Waals surface area contributed by atoms with Gasteiger partial charge in [-0.3, -0.25) is 0 Å². The molecule has 6 heteroatoms. The molecule has 0 unspecified atom stereocenters. The van der Waals surface area contributed by atoms with Gasteiger partial charge in [0.2, 0.25) is 0 Å². The van der Waals surface area contributed by atoms with E-state index in [-0.39, 0.29) is 0 Å². The van der Waals surface area contributed by atoms with E-state index in [1.54, 1.807) is 46.1 Å². The van der Waals surface area contributed by atoms with Gasteiger partial charge in [0.1, 0.15) is 0 Å². The van der Waals surface area contributed by atoms with Crippen LogP contribution in [0.5, 0.6) is 0 Å². The molecule has 0 spiro atoms. The van der Waals surface area contributed by atoms with E-state index in [4.69, 9.17) is 0 Å². The standard InChI is InChI=1S/C11H9N6/c1-3-12-10(13-4-1)16-7-8-17(9-16)11-14-5-2-6-15-11/h1-9H/q+1. The molecule has 0 saturated carbocycles. The van der Waals surface area contributed by atoms with Crippen LogP contribution in [0, 0.1) is 0 Å². The summed E-state index contributed by atoms with van der Waals surface area (Å²) >= 11 is 0. The number of imidazole rings is 1. The molecule has 0 aliphatic carbocycles. The van der Waals surface area contributed by atoms with Crippen molar-refractivity contribution in [2.24, 2.45) is 0 Å². The fraction of sp³-hybridized carbons (Fsp3) is 0. The highest BCUT2D eigenvalue weighted by Crippen LogP contribution is 1.97. The number of hydrogen-bond donors (Lipinski definition) is 0. The Hall–Kier alpha value is -2.63. The van der Waals surface area contributed by atoms with Gasteiger partial charge in [0, 0.05) is 12.4 Å². The number of hydrogen-bond acceptors (Lipinski definition) is 4. The van der Waals surface area contributed by atoms with E-state index in [0.717, 1.165) is 0 Å². The van der Waals surface area contributed by atoms with Crippen molar-refractivity contribution < 1.29 is 4.57 Å². The molecule has 0 saturated heterocycles. The first-order chi connectivity index (χ1) is 8.43. The van der Waals surface area contributed by atoms with Crippen LogP contribution in [-0.4, -0.2) is 24.5 Å². The number of nitrogens with zero attached hydrogens (tertiary/aromatic N) is 6. The minimum atomic E-state index is 0.613. The largest absolute Gasteiger partial charge is 0.388 e. The molecule has 0 amide bonds. The summed E-state index contributed by atoms with van der Waals surface area (Å²) in [6, 6.07) is 3.56. The van der Waals surface area contributed by atoms with Gasteiger partial charge in [-0.25, -0.2) is 14.5 Å². The summed E-state index contributed by atoms with van der Waals surface area (Å²) in [5.74, 6) is 1.23. The topological polar surface area (TPSA) is 60.4 Å². The Kier molecular flexibility index (Phi) is 2.31. The summed E-state index contributed by atoms with van der Waals surface area (Å²) in [6.45, 7) is 0. The van der Waals surface area contributed by atoms with Crippen LogP contribution in [0.3, 0.4) is 0 Å². The molecule has 0 aromatic carbocycles. The Morgan fingerprint density at radius 1 is 0.882 bits per heavy atom. The summed E-state index contributed by atoms with van der Waals surface area (Å²) < 4.78 is 3.60. The van der Waals surface area contributed by atoms with Crippen molar-refractivity contribution in [3.05, 3.63) is 55.6 Å². The van der Waals surface area contributed by atoms with E-state index in [9.17, 15) is 0 Å². The van der Waals surface area contributed by atoms with Crippen molar-refractivity contribution in [1.29, 1.82) is 0 Å². The highest BCUT2D eigenvalue weighted by atomic mass is 15.2. The Balaban J connectivity index is 1.99. The van der Waals surface area contributed by atoms with Crippen molar-refractivity contribution in [2.45, 2.75) is 0 Å². The maximum atomic E-state index is 4.15. The Morgan fingerprint density at radius 2 is 1.53 bits per heavy atom. The summed E-state index contributed by atoms with van der Waals surface area (Å²) in [5.41, 5.74) is 0. The van der Waals surface area contributed by atoms with Crippen molar-refractivity contribution >= 4 is 0 Å². The maximum absolute atomic E-state index is 4.15. The summed E-state index contributed by atoms with van der Waals surface area (Å²) in [4.78, 5) is 16.6. The molecule has 0 bridgehead atoms. The van der Waals surface area contributed by atoms with Gasteiger partial charge in [-0.1, -0.05) is 0 Å². The number of aromatic nitrogens is 6. The average Bonchev–Trinajstić information content (AvgIpc) is 2.90. The van der Waals surface area contributed by atoms with Crippen LogP contribution in [0.15, 0.2) is 55.6 Å². The van der Waals surface area contributed by atoms with E-state index in [1.165, 1.54) is 0 Å². The first-order valence-corrected chi connectivity index (χ1v) is 5.07. The van der Waals surface area contributed by atoms with Gasteiger partial charge in [-0.05, 0) is 12.1 Å². The quantitative estimate of drug-likeness (QED) is 0.590. The molecule has 0 atom stereocenters. The first kappa shape index (κ1) is 9.59. The molecule has 3 rings (SSSR count). The predicted octanol–water partition coefficient (Wildman–Crippen LogP) is 0.334. The molecule has 0 fully saturated rings. The molecule has 6 nitrogen and oxygen atoms in total. The van der Waals surface area contributed by atoms with Gasteiger partial charge in [-0.15, -0.1) is 9.97 Å². The van der Waals surface area contributed by atoms with Gasteiger partial charge in [0.15, 0.2) is 6.33 Å². The predicted molar refractivity (Wildman–Crippen MR) is 58.5 cm³/mol. The van der Waals surface area contributed by atoms with Crippen LogP contribution in [0.4, 0.5) is 0 Å². The Bertz CT molecular complexity index is 550. The second-order valence-electron chi connectivity index (χ2n) is 3.33. The Labute approximate surface area is 97.3 Å². The lowest BCUT2D eigenvalue weighted by atomic mass is 10.7. The van der Waals surface area contributed by atoms with Crippen LogP contribution in [0.1, 0.15) is 0 Å². The maximum Gasteiger partial charge on any atom is 0.388 e. The normalized spacial score (nSPS) is 10.4. The van der Waals surface area contributed by atoms with Gasteiger partial charge < -0.3 is 0 Å². The van der Waals surface area contributed by atoms with Crippen LogP contribution < -0.4 is 4.57 Å². The lowest BCUT2D eigenvalue weighted by Gasteiger charge is -1.93. The molecule has 0 N–H and O–H groups in total. The van der Waals surface area contributed by atoms with E-state index in [0.29, 0.717) is 11.9 Å². The van der Waals surface area contributed by atoms with Gasteiger partial charge in [0.25, 0.3) is 5.95 Å². The van der Waals surface area contributed by atoms with E-state index >= 15 is 0 Å². The van der Waals surface area contributed by atoms with Crippen molar-refractivity contribution in [2.75, 3.05) is 0 Å². The molecule has 82 valence electrons. The zero-order valence-electron chi connectivity index (χ0n) is 8.88. The van der Waals surface area contributed by atoms with Gasteiger partial charge >= 0.3 is 5.95 Å². The minimum Gasteiger partial charge on any atom is -0.221 e. The van der Waals surface area contributed by atoms with E-state index < -0.39 is 0 Å². The van der Waals surface area contributed by atoms with Crippen LogP contribution >= 0.6 is 0 Å². The van der Waals surface area contributed by atoms with Crippen LogP contribution in [0.2, 0.25) is 0 Å². The van der Waals surface area contributed by atoms with E-state index in [2.05, 4.69) is 19.9 Å². The highest BCUT2D eigenvalue weighted by Gasteiger charge is 2.09. The highest BCUT2D eigenvalue weighted by molar-refractivity contribution is 5.08. The summed E-state index contributed by atoms with van der Waals surface area (Å²) in [5, 5.41) is 0. The molecule has 0 radical (unpaired) electrons. The van der Waals surface area contributed by atoms with Crippen LogP contribution in [0.25, 0.3) is 11.9 Å². The third-order valence-electron chi connectivity index (χ3n) is 2.20. The third-order valence-corrected chi connectivity index (χ3v) is 2.20. The lowest BCUT2D eigenvalue weighted by molar-refractivity contribution is -0.602. The molecular formula is C11H9N6+. The zero-order chi connectivity index (χ0) is 11.5. The molecule has 17 heavy (non-hydrogen) atoms.